The lowest BCUT2D eigenvalue weighted by molar-refractivity contribution is 0.414. The van der Waals surface area contributed by atoms with Crippen molar-refractivity contribution < 1.29 is 9.15 Å². The van der Waals surface area contributed by atoms with E-state index in [9.17, 15) is 9.59 Å². The smallest absolute Gasteiger partial charge is 0.336 e. The molecule has 0 unspecified atom stereocenters. The molecule has 6 nitrogen and oxygen atoms in total. The summed E-state index contributed by atoms with van der Waals surface area (Å²) in [6, 6.07) is 20.2. The summed E-state index contributed by atoms with van der Waals surface area (Å²) in [4.78, 5) is 30.6. The van der Waals surface area contributed by atoms with E-state index in [-0.39, 0.29) is 5.56 Å². The fourth-order valence-electron chi connectivity index (χ4n) is 4.08. The Morgan fingerprint density at radius 2 is 1.79 bits per heavy atom. The van der Waals surface area contributed by atoms with Gasteiger partial charge < -0.3 is 9.15 Å². The highest BCUT2D eigenvalue weighted by Crippen LogP contribution is 2.29. The van der Waals surface area contributed by atoms with Crippen molar-refractivity contribution in [2.24, 2.45) is 0 Å². The van der Waals surface area contributed by atoms with Gasteiger partial charge >= 0.3 is 5.63 Å². The zero-order valence-electron chi connectivity index (χ0n) is 19.0. The fourth-order valence-corrected chi connectivity index (χ4v) is 5.07. The van der Waals surface area contributed by atoms with Crippen LogP contribution in [0.1, 0.15) is 16.7 Å². The summed E-state index contributed by atoms with van der Waals surface area (Å²) in [7, 11) is 1.57. The van der Waals surface area contributed by atoms with Gasteiger partial charge in [-0.25, -0.2) is 9.78 Å². The maximum atomic E-state index is 13.6. The molecule has 0 radical (unpaired) electrons. The molecule has 5 rings (SSSR count). The number of nitrogens with zero attached hydrogens (tertiary/aromatic N) is 2. The number of aryl methyl sites for hydroxylation is 2. The molecule has 0 N–H and O–H groups in total. The van der Waals surface area contributed by atoms with Crippen LogP contribution in [-0.4, -0.2) is 16.7 Å². The van der Waals surface area contributed by atoms with E-state index in [0.29, 0.717) is 33.1 Å². The first-order valence-electron chi connectivity index (χ1n) is 10.8. The van der Waals surface area contributed by atoms with Crippen molar-refractivity contribution in [2.75, 3.05) is 7.11 Å². The number of methoxy groups -OCH3 is 1. The van der Waals surface area contributed by atoms with E-state index in [1.165, 1.54) is 17.8 Å². The Kier molecular flexibility index (Phi) is 5.71. The topological polar surface area (TPSA) is 74.3 Å². The van der Waals surface area contributed by atoms with Gasteiger partial charge in [-0.15, -0.1) is 0 Å². The molecule has 170 valence electrons. The van der Waals surface area contributed by atoms with Crippen LogP contribution in [0, 0.1) is 13.8 Å². The summed E-state index contributed by atoms with van der Waals surface area (Å²) in [5.74, 6) is 1.05. The number of para-hydroxylation sites is 1. The second-order valence-electron chi connectivity index (χ2n) is 8.08. The van der Waals surface area contributed by atoms with Crippen LogP contribution in [0.3, 0.4) is 0 Å². The van der Waals surface area contributed by atoms with Crippen molar-refractivity contribution in [2.45, 2.75) is 24.8 Å². The Bertz CT molecular complexity index is 1670. The molecule has 7 heteroatoms. The molecule has 2 aromatic heterocycles. The van der Waals surface area contributed by atoms with Crippen molar-refractivity contribution >= 4 is 33.6 Å². The first kappa shape index (κ1) is 22.0. The summed E-state index contributed by atoms with van der Waals surface area (Å²) in [5, 5.41) is 1.93. The maximum Gasteiger partial charge on any atom is 0.336 e. The maximum absolute atomic E-state index is 13.6. The third-order valence-corrected chi connectivity index (χ3v) is 6.72. The minimum atomic E-state index is -0.436. The lowest BCUT2D eigenvalue weighted by atomic mass is 10.1. The lowest BCUT2D eigenvalue weighted by Gasteiger charge is -2.16. The SMILES string of the molecule is COc1ccc2c(CSc3nc4ccccc4c(=O)n3-c3ccc(C)cc3C)cc(=O)oc2c1. The van der Waals surface area contributed by atoms with Gasteiger partial charge in [0.05, 0.1) is 23.7 Å². The van der Waals surface area contributed by atoms with Crippen LogP contribution < -0.4 is 15.9 Å². The van der Waals surface area contributed by atoms with E-state index in [4.69, 9.17) is 14.1 Å². The molecule has 0 aliphatic rings. The summed E-state index contributed by atoms with van der Waals surface area (Å²) in [6.07, 6.45) is 0. The highest BCUT2D eigenvalue weighted by Gasteiger charge is 2.16. The first-order valence-corrected chi connectivity index (χ1v) is 11.8. The Morgan fingerprint density at radius 3 is 2.59 bits per heavy atom. The van der Waals surface area contributed by atoms with Gasteiger partial charge in [0.2, 0.25) is 0 Å². The molecule has 0 spiro atoms. The van der Waals surface area contributed by atoms with Gasteiger partial charge in [0.15, 0.2) is 5.16 Å². The third kappa shape index (κ3) is 3.99. The molecule has 0 fully saturated rings. The van der Waals surface area contributed by atoms with Crippen LogP contribution >= 0.6 is 11.8 Å². The van der Waals surface area contributed by atoms with E-state index in [2.05, 4.69) is 6.07 Å². The van der Waals surface area contributed by atoms with E-state index in [0.717, 1.165) is 27.8 Å². The first-order chi connectivity index (χ1) is 16.4. The van der Waals surface area contributed by atoms with Crippen LogP contribution in [0.5, 0.6) is 5.75 Å². The average Bonchev–Trinajstić information content (AvgIpc) is 2.83. The summed E-state index contributed by atoms with van der Waals surface area (Å²) >= 11 is 1.41. The second-order valence-corrected chi connectivity index (χ2v) is 9.03. The zero-order valence-corrected chi connectivity index (χ0v) is 19.8. The van der Waals surface area contributed by atoms with Crippen LogP contribution in [0.2, 0.25) is 0 Å². The molecule has 3 aromatic carbocycles. The van der Waals surface area contributed by atoms with Gasteiger partial charge in [-0.2, -0.15) is 0 Å². The molecular weight excluding hydrogens is 448 g/mol. The minimum absolute atomic E-state index is 0.123. The van der Waals surface area contributed by atoms with Crippen molar-refractivity contribution in [1.29, 1.82) is 0 Å². The molecule has 0 bridgehead atoms. The number of thioether (sulfide) groups is 1. The van der Waals surface area contributed by atoms with Gasteiger partial charge in [-0.05, 0) is 55.3 Å². The molecule has 0 saturated heterocycles. The highest BCUT2D eigenvalue weighted by molar-refractivity contribution is 7.98. The number of ether oxygens (including phenoxy) is 1. The molecule has 2 heterocycles. The minimum Gasteiger partial charge on any atom is -0.497 e. The van der Waals surface area contributed by atoms with Gasteiger partial charge in [-0.3, -0.25) is 9.36 Å². The Balaban J connectivity index is 1.65. The lowest BCUT2D eigenvalue weighted by Crippen LogP contribution is -2.22. The Hall–Kier alpha value is -3.84. The number of aromatic nitrogens is 2. The van der Waals surface area contributed by atoms with Crippen molar-refractivity contribution in [3.63, 3.8) is 0 Å². The molecule has 0 atom stereocenters. The van der Waals surface area contributed by atoms with E-state index in [1.54, 1.807) is 23.8 Å². The predicted octanol–water partition coefficient (Wildman–Crippen LogP) is 5.41. The van der Waals surface area contributed by atoms with Gasteiger partial charge in [0.1, 0.15) is 11.3 Å². The number of hydrogen-bond donors (Lipinski definition) is 0. The largest absolute Gasteiger partial charge is 0.497 e. The normalized spacial score (nSPS) is 11.3. The predicted molar refractivity (Wildman–Crippen MR) is 135 cm³/mol. The summed E-state index contributed by atoms with van der Waals surface area (Å²) < 4.78 is 12.3. The number of hydrogen-bond acceptors (Lipinski definition) is 6. The number of benzene rings is 3. The van der Waals surface area contributed by atoms with E-state index < -0.39 is 5.63 Å². The third-order valence-electron chi connectivity index (χ3n) is 5.73. The van der Waals surface area contributed by atoms with Gasteiger partial charge in [-0.1, -0.05) is 41.6 Å². The number of rotatable bonds is 5. The van der Waals surface area contributed by atoms with Crippen molar-refractivity contribution in [3.05, 3.63) is 104 Å². The molecular formula is C27H22N2O4S. The standard InChI is InChI=1S/C27H22N2O4S/c1-16-8-11-23(17(2)12-16)29-26(31)21-6-4-5-7-22(21)28-27(29)34-15-18-13-25(30)33-24-14-19(32-3)9-10-20(18)24/h4-14H,15H2,1-3H3. The van der Waals surface area contributed by atoms with Crippen LogP contribution in [0.15, 0.2) is 85.9 Å². The monoisotopic (exact) mass is 470 g/mol. The molecule has 0 saturated carbocycles. The van der Waals surface area contributed by atoms with Gasteiger partial charge in [0.25, 0.3) is 5.56 Å². The zero-order chi connectivity index (χ0) is 23.8. The van der Waals surface area contributed by atoms with Crippen LogP contribution in [0.25, 0.3) is 27.6 Å². The fraction of sp³-hybridized carbons (Fsp3) is 0.148. The van der Waals surface area contributed by atoms with E-state index in [1.807, 2.05) is 56.3 Å². The highest BCUT2D eigenvalue weighted by atomic mass is 32.2. The molecule has 0 aliphatic carbocycles. The molecule has 34 heavy (non-hydrogen) atoms. The van der Waals surface area contributed by atoms with Crippen LogP contribution in [0.4, 0.5) is 0 Å². The van der Waals surface area contributed by atoms with Crippen molar-refractivity contribution in [3.8, 4) is 11.4 Å². The van der Waals surface area contributed by atoms with Crippen molar-refractivity contribution in [1.82, 2.24) is 9.55 Å². The quantitative estimate of drug-likeness (QED) is 0.194. The summed E-state index contributed by atoms with van der Waals surface area (Å²) in [6.45, 7) is 4.01. The Morgan fingerprint density at radius 1 is 0.971 bits per heavy atom. The van der Waals surface area contributed by atoms with E-state index >= 15 is 0 Å². The molecule has 0 aliphatic heterocycles. The molecule has 0 amide bonds. The summed E-state index contributed by atoms with van der Waals surface area (Å²) in [5.41, 5.74) is 4.23. The second kappa shape index (κ2) is 8.83. The Labute approximate surface area is 199 Å². The number of fused-ring (bicyclic) bond motifs is 2. The van der Waals surface area contributed by atoms with Crippen LogP contribution in [-0.2, 0) is 5.75 Å². The average molecular weight is 471 g/mol. The molecule has 5 aromatic rings. The van der Waals surface area contributed by atoms with Gasteiger partial charge in [0, 0.05) is 23.3 Å².